The van der Waals surface area contributed by atoms with E-state index in [2.05, 4.69) is 0 Å². The molecule has 8 heteroatoms. The third-order valence-electron chi connectivity index (χ3n) is 5.01. The van der Waals surface area contributed by atoms with E-state index in [1.807, 2.05) is 0 Å². The Morgan fingerprint density at radius 2 is 0.958 bits per heavy atom. The molecule has 8 nitrogen and oxygen atoms in total. The number of carboxylic acids is 4. The Morgan fingerprint density at radius 3 is 1.12 bits per heavy atom. The monoisotopic (exact) mass is 340 g/mol. The molecule has 24 heavy (non-hydrogen) atoms. The fourth-order valence-electron chi connectivity index (χ4n) is 3.40. The third kappa shape index (κ3) is 2.68. The summed E-state index contributed by atoms with van der Waals surface area (Å²) in [6.07, 6.45) is 2.26. The molecule has 0 aromatic rings. The molecule has 0 unspecified atom stereocenters. The van der Waals surface area contributed by atoms with Crippen molar-refractivity contribution in [2.75, 3.05) is 0 Å². The average Bonchev–Trinajstić information content (AvgIpc) is 2.47. The lowest BCUT2D eigenvalue weighted by Gasteiger charge is -2.60. The Bertz CT molecular complexity index is 604. The first-order chi connectivity index (χ1) is 10.8. The van der Waals surface area contributed by atoms with Gasteiger partial charge in [-0.1, -0.05) is 12.2 Å². The van der Waals surface area contributed by atoms with Crippen LogP contribution in [0, 0.1) is 22.7 Å². The predicted octanol–water partition coefficient (Wildman–Crippen LogP) is 1.48. The molecule has 1 saturated carbocycles. The molecule has 0 saturated heterocycles. The molecule has 0 amide bonds. The molecule has 1 rings (SSSR count). The van der Waals surface area contributed by atoms with Crippen molar-refractivity contribution in [1.82, 2.24) is 0 Å². The average molecular weight is 340 g/mol. The number of aliphatic carboxylic acids is 4. The van der Waals surface area contributed by atoms with Crippen molar-refractivity contribution < 1.29 is 39.6 Å². The van der Waals surface area contributed by atoms with Crippen molar-refractivity contribution >= 4 is 23.9 Å². The number of hydrogen-bond donors (Lipinski definition) is 4. The van der Waals surface area contributed by atoms with Crippen LogP contribution in [0.15, 0.2) is 23.3 Å². The summed E-state index contributed by atoms with van der Waals surface area (Å²) in [6, 6.07) is 0. The molecule has 1 aliphatic carbocycles. The first kappa shape index (κ1) is 19.4. The largest absolute Gasteiger partial charge is 0.481 e. The lowest BCUT2D eigenvalue weighted by Crippen LogP contribution is -2.67. The van der Waals surface area contributed by atoms with E-state index in [0.717, 1.165) is 12.2 Å². The fraction of sp³-hybridized carbons (Fsp3) is 0.500. The predicted molar refractivity (Wildman–Crippen MR) is 81.3 cm³/mol. The zero-order valence-electron chi connectivity index (χ0n) is 13.7. The van der Waals surface area contributed by atoms with E-state index in [9.17, 15) is 29.4 Å². The second kappa shape index (κ2) is 6.10. The van der Waals surface area contributed by atoms with Gasteiger partial charge in [0.15, 0.2) is 0 Å². The van der Waals surface area contributed by atoms with Crippen LogP contribution >= 0.6 is 0 Å². The molecule has 0 spiro atoms. The fourth-order valence-corrected chi connectivity index (χ4v) is 3.40. The van der Waals surface area contributed by atoms with Crippen molar-refractivity contribution in [3.63, 3.8) is 0 Å². The lowest BCUT2D eigenvalue weighted by molar-refractivity contribution is -0.201. The molecule has 4 N–H and O–H groups in total. The molecule has 0 aromatic heterocycles. The van der Waals surface area contributed by atoms with Gasteiger partial charge in [-0.15, -0.1) is 0 Å². The summed E-state index contributed by atoms with van der Waals surface area (Å²) in [6.45, 7) is 5.09. The number of hydrogen-bond acceptors (Lipinski definition) is 4. The minimum absolute atomic E-state index is 0.169. The van der Waals surface area contributed by atoms with Gasteiger partial charge in [0.1, 0.15) is 0 Å². The van der Waals surface area contributed by atoms with Crippen molar-refractivity contribution in [1.29, 1.82) is 0 Å². The second-order valence-electron chi connectivity index (χ2n) is 6.44. The highest BCUT2D eigenvalue weighted by Gasteiger charge is 2.72. The van der Waals surface area contributed by atoms with Crippen LogP contribution in [-0.2, 0) is 19.2 Å². The van der Waals surface area contributed by atoms with Crippen LogP contribution < -0.4 is 0 Å². The van der Waals surface area contributed by atoms with E-state index in [1.165, 1.54) is 27.7 Å². The molecule has 0 aromatic carbocycles. The highest BCUT2D eigenvalue weighted by Crippen LogP contribution is 2.65. The summed E-state index contributed by atoms with van der Waals surface area (Å²) in [4.78, 5) is 45.6. The number of rotatable bonds is 6. The number of carbonyl (C=O) groups is 4. The second-order valence-corrected chi connectivity index (χ2v) is 6.44. The van der Waals surface area contributed by atoms with Crippen LogP contribution in [0.4, 0.5) is 0 Å². The summed E-state index contributed by atoms with van der Waals surface area (Å²) in [7, 11) is 0. The summed E-state index contributed by atoms with van der Waals surface area (Å²) in [5, 5.41) is 37.2. The maximum absolute atomic E-state index is 11.8. The van der Waals surface area contributed by atoms with Crippen molar-refractivity contribution in [3.8, 4) is 0 Å². The van der Waals surface area contributed by atoms with Crippen LogP contribution in [0.2, 0.25) is 0 Å². The van der Waals surface area contributed by atoms with Crippen LogP contribution in [0.1, 0.15) is 27.7 Å². The van der Waals surface area contributed by atoms with Crippen molar-refractivity contribution in [2.24, 2.45) is 22.7 Å². The SMILES string of the molecule is C/C(=C\C1C(C)(C(=O)O)C(/C=C(\C)C(=O)O)C1(C)C(=O)O)C(=O)O. The first-order valence-electron chi connectivity index (χ1n) is 7.11. The Hall–Kier alpha value is -2.64. The molecule has 0 aliphatic heterocycles. The molecule has 0 heterocycles. The zero-order valence-corrected chi connectivity index (χ0v) is 13.7. The first-order valence-corrected chi connectivity index (χ1v) is 7.11. The summed E-state index contributed by atoms with van der Waals surface area (Å²) < 4.78 is 0. The van der Waals surface area contributed by atoms with E-state index < -0.39 is 46.5 Å². The Labute approximate surface area is 138 Å². The topological polar surface area (TPSA) is 149 Å². The standard InChI is InChI=1S/C16H20O8/c1-7(11(17)18)5-9-15(3,13(21)22)10(6-8(2)12(19)20)16(9,4)14(23)24/h5-6,9-10H,1-4H3,(H,17,18)(H,19,20)(H,21,22)(H,23,24)/b7-5+,8-6+. The summed E-state index contributed by atoms with van der Waals surface area (Å²) in [5.74, 6) is -7.43. The van der Waals surface area contributed by atoms with Gasteiger partial charge in [0.2, 0.25) is 0 Å². The Balaban J connectivity index is 3.59. The van der Waals surface area contributed by atoms with E-state index >= 15 is 0 Å². The summed E-state index contributed by atoms with van der Waals surface area (Å²) in [5.41, 5.74) is -3.61. The van der Waals surface area contributed by atoms with Gasteiger partial charge in [-0.05, 0) is 27.7 Å². The molecular weight excluding hydrogens is 320 g/mol. The molecule has 132 valence electrons. The van der Waals surface area contributed by atoms with E-state index in [-0.39, 0.29) is 11.1 Å². The van der Waals surface area contributed by atoms with Gasteiger partial charge in [-0.2, -0.15) is 0 Å². The van der Waals surface area contributed by atoms with Gasteiger partial charge in [0.05, 0.1) is 10.8 Å². The smallest absolute Gasteiger partial charge is 0.330 e. The zero-order chi connectivity index (χ0) is 19.0. The highest BCUT2D eigenvalue weighted by molar-refractivity contribution is 5.91. The van der Waals surface area contributed by atoms with Gasteiger partial charge in [-0.3, -0.25) is 9.59 Å². The molecular formula is C16H20O8. The maximum Gasteiger partial charge on any atom is 0.330 e. The molecule has 1 aliphatic rings. The van der Waals surface area contributed by atoms with Crippen LogP contribution in [0.5, 0.6) is 0 Å². The minimum Gasteiger partial charge on any atom is -0.481 e. The van der Waals surface area contributed by atoms with Gasteiger partial charge < -0.3 is 20.4 Å². The minimum atomic E-state index is -1.64. The molecule has 0 atom stereocenters. The molecule has 0 radical (unpaired) electrons. The van der Waals surface area contributed by atoms with Crippen LogP contribution in [-0.4, -0.2) is 44.3 Å². The van der Waals surface area contributed by atoms with Crippen LogP contribution in [0.25, 0.3) is 0 Å². The number of carboxylic acid groups (broad SMARTS) is 4. The number of allylic oxidation sites excluding steroid dienone is 2. The van der Waals surface area contributed by atoms with Gasteiger partial charge >= 0.3 is 23.9 Å². The van der Waals surface area contributed by atoms with Crippen molar-refractivity contribution in [2.45, 2.75) is 27.7 Å². The normalized spacial score (nSPS) is 33.5. The molecule has 1 fully saturated rings. The van der Waals surface area contributed by atoms with Gasteiger partial charge in [0.25, 0.3) is 0 Å². The van der Waals surface area contributed by atoms with Gasteiger partial charge in [0, 0.05) is 23.0 Å². The summed E-state index contributed by atoms with van der Waals surface area (Å²) >= 11 is 0. The Kier molecular flexibility index (Phi) is 4.94. The maximum atomic E-state index is 11.8. The van der Waals surface area contributed by atoms with E-state index in [0.29, 0.717) is 0 Å². The molecule has 0 bridgehead atoms. The van der Waals surface area contributed by atoms with Crippen molar-refractivity contribution in [3.05, 3.63) is 23.3 Å². The van der Waals surface area contributed by atoms with Crippen LogP contribution in [0.3, 0.4) is 0 Å². The Morgan fingerprint density at radius 1 is 0.708 bits per heavy atom. The third-order valence-corrected chi connectivity index (χ3v) is 5.01. The van der Waals surface area contributed by atoms with E-state index in [1.54, 1.807) is 0 Å². The highest BCUT2D eigenvalue weighted by atomic mass is 16.4. The quantitative estimate of drug-likeness (QED) is 0.531. The van der Waals surface area contributed by atoms with Gasteiger partial charge in [-0.25, -0.2) is 9.59 Å². The van der Waals surface area contributed by atoms with E-state index in [4.69, 9.17) is 10.2 Å². The lowest BCUT2D eigenvalue weighted by atomic mass is 9.39.